The Hall–Kier alpha value is -2.93. The Morgan fingerprint density at radius 3 is 2.85 bits per heavy atom. The maximum absolute atomic E-state index is 12.4. The van der Waals surface area contributed by atoms with Gasteiger partial charge in [0.2, 0.25) is 5.88 Å². The van der Waals surface area contributed by atoms with Gasteiger partial charge in [-0.15, -0.1) is 0 Å². The van der Waals surface area contributed by atoms with Crippen LogP contribution in [0.4, 0.5) is 5.69 Å². The number of ether oxygens (including phenoxy) is 1. The van der Waals surface area contributed by atoms with Crippen LogP contribution in [-0.2, 0) is 9.59 Å². The SMILES string of the molecule is Cc1cccc(Oc2ncccc2NC(=O)C(=O)N2CCC[C@@H](O)C2)c1C. The minimum absolute atomic E-state index is 0.172. The number of anilines is 1. The predicted octanol–water partition coefficient (Wildman–Crippen LogP) is 2.41. The van der Waals surface area contributed by atoms with Crippen LogP contribution in [0.3, 0.4) is 0 Å². The number of likely N-dealkylation sites (tertiary alicyclic amines) is 1. The highest BCUT2D eigenvalue weighted by Gasteiger charge is 2.27. The zero-order chi connectivity index (χ0) is 19.4. The molecule has 7 nitrogen and oxygen atoms in total. The van der Waals surface area contributed by atoms with Crippen molar-refractivity contribution >= 4 is 17.5 Å². The second-order valence-electron chi connectivity index (χ2n) is 6.66. The summed E-state index contributed by atoms with van der Waals surface area (Å²) in [5, 5.41) is 12.3. The van der Waals surface area contributed by atoms with Gasteiger partial charge in [-0.2, -0.15) is 0 Å². The number of nitrogens with one attached hydrogen (secondary N) is 1. The van der Waals surface area contributed by atoms with Gasteiger partial charge in [0.25, 0.3) is 0 Å². The van der Waals surface area contributed by atoms with E-state index in [0.29, 0.717) is 30.8 Å². The van der Waals surface area contributed by atoms with Crippen molar-refractivity contribution in [1.82, 2.24) is 9.88 Å². The summed E-state index contributed by atoms with van der Waals surface area (Å²) in [5.74, 6) is -0.598. The number of rotatable bonds is 3. The zero-order valence-corrected chi connectivity index (χ0v) is 15.4. The van der Waals surface area contributed by atoms with E-state index < -0.39 is 17.9 Å². The molecule has 2 amide bonds. The molecule has 2 aromatic rings. The number of hydrogen-bond acceptors (Lipinski definition) is 5. The van der Waals surface area contributed by atoms with E-state index >= 15 is 0 Å². The van der Waals surface area contributed by atoms with Crippen molar-refractivity contribution in [3.05, 3.63) is 47.7 Å². The third-order valence-electron chi connectivity index (χ3n) is 4.66. The number of amides is 2. The van der Waals surface area contributed by atoms with E-state index in [-0.39, 0.29) is 12.4 Å². The molecule has 2 heterocycles. The summed E-state index contributed by atoms with van der Waals surface area (Å²) in [7, 11) is 0. The number of nitrogens with zero attached hydrogens (tertiary/aromatic N) is 2. The maximum atomic E-state index is 12.4. The van der Waals surface area contributed by atoms with E-state index in [1.165, 1.54) is 4.90 Å². The van der Waals surface area contributed by atoms with Gasteiger partial charge in [-0.1, -0.05) is 12.1 Å². The van der Waals surface area contributed by atoms with Crippen LogP contribution in [0, 0.1) is 13.8 Å². The van der Waals surface area contributed by atoms with Crippen molar-refractivity contribution in [3.8, 4) is 11.6 Å². The number of carbonyl (C=O) groups excluding carboxylic acids is 2. The van der Waals surface area contributed by atoms with Crippen molar-refractivity contribution in [2.75, 3.05) is 18.4 Å². The van der Waals surface area contributed by atoms with Crippen molar-refractivity contribution in [2.45, 2.75) is 32.8 Å². The average Bonchev–Trinajstić information content (AvgIpc) is 2.66. The smallest absolute Gasteiger partial charge is 0.314 e. The second-order valence-corrected chi connectivity index (χ2v) is 6.66. The Bertz CT molecular complexity index is 853. The van der Waals surface area contributed by atoms with E-state index in [1.54, 1.807) is 18.3 Å². The van der Waals surface area contributed by atoms with E-state index in [0.717, 1.165) is 11.1 Å². The Kier molecular flexibility index (Phi) is 5.71. The van der Waals surface area contributed by atoms with Crippen LogP contribution in [0.1, 0.15) is 24.0 Å². The highest BCUT2D eigenvalue weighted by atomic mass is 16.5. The van der Waals surface area contributed by atoms with Gasteiger partial charge in [-0.3, -0.25) is 9.59 Å². The Labute approximate surface area is 158 Å². The number of aryl methyl sites for hydroxylation is 1. The van der Waals surface area contributed by atoms with Gasteiger partial charge in [0.1, 0.15) is 11.4 Å². The molecular weight excluding hydrogens is 346 g/mol. The fourth-order valence-corrected chi connectivity index (χ4v) is 2.96. The number of piperidine rings is 1. The number of benzene rings is 1. The van der Waals surface area contributed by atoms with Crippen LogP contribution in [0.15, 0.2) is 36.5 Å². The number of β-amino-alcohol motifs (C(OH)–C–C–N with tert-alkyl or cyclic N) is 1. The largest absolute Gasteiger partial charge is 0.437 e. The summed E-state index contributed by atoms with van der Waals surface area (Å²) < 4.78 is 5.87. The molecule has 1 atom stereocenters. The predicted molar refractivity (Wildman–Crippen MR) is 101 cm³/mol. The Balaban J connectivity index is 1.75. The number of aliphatic hydroxyl groups excluding tert-OH is 1. The van der Waals surface area contributed by atoms with Crippen molar-refractivity contribution in [2.24, 2.45) is 0 Å². The van der Waals surface area contributed by atoms with E-state index in [9.17, 15) is 14.7 Å². The van der Waals surface area contributed by atoms with Crippen LogP contribution >= 0.6 is 0 Å². The first-order valence-electron chi connectivity index (χ1n) is 8.93. The molecule has 0 radical (unpaired) electrons. The van der Waals surface area contributed by atoms with Crippen LogP contribution in [0.2, 0.25) is 0 Å². The van der Waals surface area contributed by atoms with E-state index in [1.807, 2.05) is 32.0 Å². The molecule has 0 saturated carbocycles. The van der Waals surface area contributed by atoms with Gasteiger partial charge in [0.05, 0.1) is 6.10 Å². The van der Waals surface area contributed by atoms with Gasteiger partial charge in [0.15, 0.2) is 0 Å². The van der Waals surface area contributed by atoms with Gasteiger partial charge >= 0.3 is 11.8 Å². The topological polar surface area (TPSA) is 91.8 Å². The molecule has 2 N–H and O–H groups in total. The quantitative estimate of drug-likeness (QED) is 0.811. The third kappa shape index (κ3) is 4.43. The first kappa shape index (κ1) is 18.8. The van der Waals surface area contributed by atoms with Gasteiger partial charge < -0.3 is 20.1 Å². The first-order valence-corrected chi connectivity index (χ1v) is 8.93. The minimum Gasteiger partial charge on any atom is -0.437 e. The molecule has 27 heavy (non-hydrogen) atoms. The summed E-state index contributed by atoms with van der Waals surface area (Å²) in [6, 6.07) is 8.96. The average molecular weight is 369 g/mol. The number of aliphatic hydroxyl groups is 1. The molecule has 1 aromatic carbocycles. The lowest BCUT2D eigenvalue weighted by atomic mass is 10.1. The second kappa shape index (κ2) is 8.18. The van der Waals surface area contributed by atoms with Gasteiger partial charge in [-0.05, 0) is 56.0 Å². The summed E-state index contributed by atoms with van der Waals surface area (Å²) in [6.07, 6.45) is 2.28. The van der Waals surface area contributed by atoms with Crippen molar-refractivity contribution in [3.63, 3.8) is 0 Å². The van der Waals surface area contributed by atoms with E-state index in [4.69, 9.17) is 4.74 Å². The maximum Gasteiger partial charge on any atom is 0.314 e. The van der Waals surface area contributed by atoms with Crippen LogP contribution < -0.4 is 10.1 Å². The molecule has 1 fully saturated rings. The molecule has 1 aromatic heterocycles. The van der Waals surface area contributed by atoms with Crippen LogP contribution in [-0.4, -0.2) is 46.0 Å². The summed E-state index contributed by atoms with van der Waals surface area (Å²) in [4.78, 5) is 30.3. The normalized spacial score (nSPS) is 16.7. The molecular formula is C20H23N3O4. The highest BCUT2D eigenvalue weighted by Crippen LogP contribution is 2.30. The van der Waals surface area contributed by atoms with E-state index in [2.05, 4.69) is 10.3 Å². The molecule has 0 bridgehead atoms. The molecule has 1 saturated heterocycles. The molecule has 142 valence electrons. The number of aromatic nitrogens is 1. The number of carbonyl (C=O) groups is 2. The summed E-state index contributed by atoms with van der Waals surface area (Å²) in [5.41, 5.74) is 2.36. The van der Waals surface area contributed by atoms with Gasteiger partial charge in [0, 0.05) is 19.3 Å². The fraction of sp³-hybridized carbons (Fsp3) is 0.350. The summed E-state index contributed by atoms with van der Waals surface area (Å²) >= 11 is 0. The number of hydrogen-bond donors (Lipinski definition) is 2. The Morgan fingerprint density at radius 1 is 1.26 bits per heavy atom. The molecule has 7 heteroatoms. The van der Waals surface area contributed by atoms with Crippen LogP contribution in [0.25, 0.3) is 0 Å². The van der Waals surface area contributed by atoms with Gasteiger partial charge in [-0.25, -0.2) is 4.98 Å². The fourth-order valence-electron chi connectivity index (χ4n) is 2.96. The zero-order valence-electron chi connectivity index (χ0n) is 15.4. The molecule has 0 aliphatic carbocycles. The van der Waals surface area contributed by atoms with Crippen LogP contribution in [0.5, 0.6) is 11.6 Å². The molecule has 3 rings (SSSR count). The lowest BCUT2D eigenvalue weighted by molar-refractivity contribution is -0.145. The monoisotopic (exact) mass is 369 g/mol. The molecule has 0 spiro atoms. The molecule has 1 aliphatic rings. The molecule has 0 unspecified atom stereocenters. The standard InChI is InChI=1S/C20H23N3O4/c1-13-6-3-9-17(14(13)2)27-19-16(8-4-10-21-19)22-18(25)20(26)23-11-5-7-15(24)12-23/h3-4,6,8-10,15,24H,5,7,11-12H2,1-2H3,(H,22,25)/t15-/m1/s1. The third-order valence-corrected chi connectivity index (χ3v) is 4.66. The number of pyridine rings is 1. The lowest BCUT2D eigenvalue weighted by Crippen LogP contribution is -2.46. The highest BCUT2D eigenvalue weighted by molar-refractivity contribution is 6.39. The lowest BCUT2D eigenvalue weighted by Gasteiger charge is -2.29. The first-order chi connectivity index (χ1) is 13.0. The minimum atomic E-state index is -0.775. The van der Waals surface area contributed by atoms with Crippen molar-refractivity contribution in [1.29, 1.82) is 0 Å². The Morgan fingerprint density at radius 2 is 2.07 bits per heavy atom. The molecule has 1 aliphatic heterocycles. The summed E-state index contributed by atoms with van der Waals surface area (Å²) in [6.45, 7) is 4.55. The van der Waals surface area contributed by atoms with Crippen molar-refractivity contribution < 1.29 is 19.4 Å².